The average molecular weight is 396 g/mol. The van der Waals surface area contributed by atoms with Crippen LogP contribution in [0.25, 0.3) is 11.1 Å². The van der Waals surface area contributed by atoms with E-state index in [9.17, 15) is 4.79 Å². The van der Waals surface area contributed by atoms with Crippen molar-refractivity contribution < 1.29 is 23.4 Å². The molecule has 2 unspecified atom stereocenters. The molecular formula is C20H26ClNO5. The Balaban J connectivity index is 2.20. The molecule has 27 heavy (non-hydrogen) atoms. The molecule has 1 aliphatic carbocycles. The van der Waals surface area contributed by atoms with E-state index >= 15 is 0 Å². The minimum absolute atomic E-state index is 0.346. The van der Waals surface area contributed by atoms with Crippen molar-refractivity contribution in [1.82, 2.24) is 4.98 Å². The maximum atomic E-state index is 11.8. The number of fused-ring (bicyclic) bond motifs is 2. The van der Waals surface area contributed by atoms with Crippen molar-refractivity contribution in [2.45, 2.75) is 63.0 Å². The van der Waals surface area contributed by atoms with Crippen LogP contribution in [0.1, 0.15) is 51.3 Å². The normalized spacial score (nSPS) is 22.5. The van der Waals surface area contributed by atoms with E-state index in [1.165, 1.54) is 6.92 Å². The van der Waals surface area contributed by atoms with Crippen molar-refractivity contribution in [1.29, 1.82) is 0 Å². The maximum absolute atomic E-state index is 11.8. The van der Waals surface area contributed by atoms with Gasteiger partial charge >= 0.3 is 5.97 Å². The Morgan fingerprint density at radius 2 is 2.19 bits per heavy atom. The van der Waals surface area contributed by atoms with Gasteiger partial charge in [-0.2, -0.15) is 0 Å². The second-order valence-corrected chi connectivity index (χ2v) is 8.58. The van der Waals surface area contributed by atoms with Gasteiger partial charge in [0.2, 0.25) is 5.71 Å². The molecule has 7 heteroatoms. The van der Waals surface area contributed by atoms with Gasteiger partial charge in [0.05, 0.1) is 24.5 Å². The van der Waals surface area contributed by atoms with Crippen LogP contribution in [0.2, 0.25) is 0 Å². The van der Waals surface area contributed by atoms with Gasteiger partial charge in [-0.15, -0.1) is 11.6 Å². The molecule has 0 amide bonds. The smallest absolute Gasteiger partial charge is 0.303 e. The first-order valence-corrected chi connectivity index (χ1v) is 9.45. The van der Waals surface area contributed by atoms with Crippen LogP contribution in [0.3, 0.4) is 0 Å². The van der Waals surface area contributed by atoms with E-state index < -0.39 is 16.6 Å². The summed E-state index contributed by atoms with van der Waals surface area (Å²) < 4.78 is 23.0. The van der Waals surface area contributed by atoms with Gasteiger partial charge in [-0.05, 0) is 45.6 Å². The summed E-state index contributed by atoms with van der Waals surface area (Å²) in [6, 6.07) is 1.84. The summed E-state index contributed by atoms with van der Waals surface area (Å²) in [7, 11) is 3.25. The molecule has 1 aliphatic rings. The van der Waals surface area contributed by atoms with Crippen molar-refractivity contribution in [2.75, 3.05) is 14.2 Å². The first-order valence-electron chi connectivity index (χ1n) is 9.07. The zero-order valence-electron chi connectivity index (χ0n) is 16.4. The number of alkyl halides is 1. The maximum Gasteiger partial charge on any atom is 0.303 e. The molecule has 2 aromatic rings. The minimum atomic E-state index is -0.917. The first kappa shape index (κ1) is 20.0. The Kier molecular flexibility index (Phi) is 5.41. The van der Waals surface area contributed by atoms with Crippen LogP contribution in [-0.2, 0) is 26.3 Å². The second kappa shape index (κ2) is 7.32. The van der Waals surface area contributed by atoms with E-state index in [1.54, 1.807) is 20.5 Å². The number of rotatable bonds is 6. The lowest BCUT2D eigenvalue weighted by molar-refractivity contribution is -0.176. The van der Waals surface area contributed by atoms with Crippen molar-refractivity contribution >= 4 is 28.7 Å². The van der Waals surface area contributed by atoms with Crippen LogP contribution < -0.4 is 4.74 Å². The van der Waals surface area contributed by atoms with Crippen molar-refractivity contribution in [3.8, 4) is 5.75 Å². The standard InChI is InChI=1S/C20H26ClNO5/c1-12(23)27-15-7-6-13-16(24-4)14-8-11-26-18(14)22-17(13)20(15,25-5)10-9-19(2,3)21/h8,11,15H,6-7,9-10H2,1-5H3. The Morgan fingerprint density at radius 3 is 2.78 bits per heavy atom. The Bertz CT molecular complexity index is 841. The predicted molar refractivity (Wildman–Crippen MR) is 102 cm³/mol. The summed E-state index contributed by atoms with van der Waals surface area (Å²) >= 11 is 6.46. The van der Waals surface area contributed by atoms with Crippen molar-refractivity contribution in [3.63, 3.8) is 0 Å². The monoisotopic (exact) mass is 395 g/mol. The summed E-state index contributed by atoms with van der Waals surface area (Å²) in [6.45, 7) is 5.31. The predicted octanol–water partition coefficient (Wildman–Crippen LogP) is 4.35. The number of aromatic nitrogens is 1. The number of carbonyl (C=O) groups is 1. The molecular weight excluding hydrogens is 370 g/mol. The molecule has 2 aromatic heterocycles. The van der Waals surface area contributed by atoms with Gasteiger partial charge in [0, 0.05) is 24.5 Å². The highest BCUT2D eigenvalue weighted by Gasteiger charge is 2.50. The number of carbonyl (C=O) groups excluding carboxylic acids is 1. The molecule has 2 heterocycles. The SMILES string of the molecule is COc1c2c(nc3occc13)C(CCC(C)(C)Cl)(OC)C(OC(C)=O)CC2. The van der Waals surface area contributed by atoms with Crippen LogP contribution in [0, 0.1) is 0 Å². The molecule has 0 saturated heterocycles. The quantitative estimate of drug-likeness (QED) is 0.534. The molecule has 0 fully saturated rings. The van der Waals surface area contributed by atoms with E-state index in [0.717, 1.165) is 16.7 Å². The van der Waals surface area contributed by atoms with Gasteiger partial charge in [-0.25, -0.2) is 4.98 Å². The summed E-state index contributed by atoms with van der Waals surface area (Å²) in [5.74, 6) is 0.387. The van der Waals surface area contributed by atoms with Crippen molar-refractivity contribution in [3.05, 3.63) is 23.6 Å². The third-order valence-electron chi connectivity index (χ3n) is 5.21. The fourth-order valence-electron chi connectivity index (χ4n) is 3.92. The van der Waals surface area contributed by atoms with Crippen LogP contribution in [0.15, 0.2) is 16.7 Å². The van der Waals surface area contributed by atoms with E-state index in [2.05, 4.69) is 0 Å². The van der Waals surface area contributed by atoms with Gasteiger partial charge < -0.3 is 18.6 Å². The lowest BCUT2D eigenvalue weighted by Gasteiger charge is -2.43. The molecule has 148 valence electrons. The zero-order chi connectivity index (χ0) is 19.8. The molecule has 0 N–H and O–H groups in total. The summed E-state index contributed by atoms with van der Waals surface area (Å²) in [5, 5.41) is 0.824. The number of methoxy groups -OCH3 is 2. The average Bonchev–Trinajstić information content (AvgIpc) is 3.06. The Hall–Kier alpha value is -1.79. The molecule has 2 atom stereocenters. The fraction of sp³-hybridized carbons (Fsp3) is 0.600. The highest BCUT2D eigenvalue weighted by atomic mass is 35.5. The van der Waals surface area contributed by atoms with Gasteiger partial charge in [0.25, 0.3) is 0 Å². The first-order chi connectivity index (χ1) is 12.7. The van der Waals surface area contributed by atoms with Gasteiger partial charge in [-0.3, -0.25) is 4.79 Å². The number of pyridine rings is 1. The van der Waals surface area contributed by atoms with E-state index in [1.807, 2.05) is 19.9 Å². The summed E-state index contributed by atoms with van der Waals surface area (Å²) in [6.07, 6.45) is 3.61. The highest BCUT2D eigenvalue weighted by molar-refractivity contribution is 6.23. The third-order valence-corrected chi connectivity index (χ3v) is 5.40. The van der Waals surface area contributed by atoms with E-state index in [4.69, 9.17) is 35.2 Å². The number of hydrogen-bond acceptors (Lipinski definition) is 6. The number of nitrogens with zero attached hydrogens (tertiary/aromatic N) is 1. The zero-order valence-corrected chi connectivity index (χ0v) is 17.2. The second-order valence-electron chi connectivity index (χ2n) is 7.56. The lowest BCUT2D eigenvalue weighted by Crippen LogP contribution is -2.48. The number of halogens is 1. The Morgan fingerprint density at radius 1 is 1.44 bits per heavy atom. The molecule has 0 bridgehead atoms. The number of esters is 1. The van der Waals surface area contributed by atoms with Gasteiger partial charge in [0.15, 0.2) is 0 Å². The minimum Gasteiger partial charge on any atom is -0.496 e. The Labute approximate surface area is 164 Å². The summed E-state index contributed by atoms with van der Waals surface area (Å²) in [5.41, 5.74) is 1.21. The number of furan rings is 1. The number of hydrogen-bond donors (Lipinski definition) is 0. The molecule has 3 rings (SSSR count). The highest BCUT2D eigenvalue weighted by Crippen LogP contribution is 2.48. The van der Waals surface area contributed by atoms with Crippen molar-refractivity contribution in [2.24, 2.45) is 0 Å². The van der Waals surface area contributed by atoms with Crippen LogP contribution in [0.4, 0.5) is 0 Å². The van der Waals surface area contributed by atoms with Gasteiger partial charge in [-0.1, -0.05) is 0 Å². The number of ether oxygens (including phenoxy) is 3. The van der Waals surface area contributed by atoms with Crippen LogP contribution in [0.5, 0.6) is 5.75 Å². The molecule has 6 nitrogen and oxygen atoms in total. The third kappa shape index (κ3) is 3.65. The van der Waals surface area contributed by atoms with E-state index in [-0.39, 0.29) is 5.97 Å². The van der Waals surface area contributed by atoms with Gasteiger partial charge in [0.1, 0.15) is 17.5 Å². The van der Waals surface area contributed by atoms with Crippen LogP contribution >= 0.6 is 11.6 Å². The molecule has 0 saturated carbocycles. The molecule has 0 spiro atoms. The lowest BCUT2D eigenvalue weighted by atomic mass is 9.75. The van der Waals surface area contributed by atoms with E-state index in [0.29, 0.717) is 37.1 Å². The fourth-order valence-corrected chi connectivity index (χ4v) is 4.02. The van der Waals surface area contributed by atoms with Crippen LogP contribution in [-0.4, -0.2) is 36.2 Å². The molecule has 0 aliphatic heterocycles. The molecule has 0 aromatic carbocycles. The summed E-state index contributed by atoms with van der Waals surface area (Å²) in [4.78, 5) is 16.1. The topological polar surface area (TPSA) is 70.8 Å². The largest absolute Gasteiger partial charge is 0.496 e. The molecule has 0 radical (unpaired) electrons.